The van der Waals surface area contributed by atoms with Gasteiger partial charge in [0.2, 0.25) is 5.91 Å². The fourth-order valence-corrected chi connectivity index (χ4v) is 2.20. The second-order valence-corrected chi connectivity index (χ2v) is 6.05. The summed E-state index contributed by atoms with van der Waals surface area (Å²) < 4.78 is 10.6. The zero-order valence-corrected chi connectivity index (χ0v) is 15.4. The van der Waals surface area contributed by atoms with Crippen molar-refractivity contribution in [2.75, 3.05) is 17.2 Å². The van der Waals surface area contributed by atoms with Crippen LogP contribution >= 0.6 is 0 Å². The van der Waals surface area contributed by atoms with Crippen LogP contribution in [0.2, 0.25) is 0 Å². The summed E-state index contributed by atoms with van der Waals surface area (Å²) in [5.41, 5.74) is 1.42. The molecule has 0 radical (unpaired) electrons. The number of carbonyl (C=O) groups is 3. The van der Waals surface area contributed by atoms with Crippen LogP contribution in [-0.4, -0.2) is 30.5 Å². The molecule has 0 aliphatic rings. The zero-order chi connectivity index (χ0) is 19.8. The van der Waals surface area contributed by atoms with Gasteiger partial charge in [-0.15, -0.1) is 0 Å². The van der Waals surface area contributed by atoms with Crippen LogP contribution < -0.4 is 15.4 Å². The molecule has 0 atom stereocenters. The van der Waals surface area contributed by atoms with Gasteiger partial charge in [0.15, 0.2) is 6.61 Å². The molecular formula is C20H22N2O5. The maximum Gasteiger partial charge on any atom is 0.338 e. The smallest absolute Gasteiger partial charge is 0.338 e. The third-order valence-electron chi connectivity index (χ3n) is 3.30. The van der Waals surface area contributed by atoms with Crippen LogP contribution in [0.5, 0.6) is 5.75 Å². The number of benzene rings is 2. The minimum atomic E-state index is -0.416. The Hall–Kier alpha value is -3.35. The molecule has 2 amide bonds. The SMILES string of the molecule is CC(=O)Nc1ccccc1OCC(=O)Nc1ccc(C(=O)OC(C)C)cc1. The largest absolute Gasteiger partial charge is 0.482 e. The number of anilines is 2. The minimum absolute atomic E-state index is 0.200. The lowest BCUT2D eigenvalue weighted by Crippen LogP contribution is -2.21. The van der Waals surface area contributed by atoms with Crippen molar-refractivity contribution in [3.05, 3.63) is 54.1 Å². The molecule has 0 aromatic heterocycles. The second-order valence-electron chi connectivity index (χ2n) is 6.05. The summed E-state index contributed by atoms with van der Waals surface area (Å²) in [7, 11) is 0. The summed E-state index contributed by atoms with van der Waals surface area (Å²) >= 11 is 0. The summed E-state index contributed by atoms with van der Waals surface area (Å²) in [4.78, 5) is 35.1. The Morgan fingerprint density at radius 2 is 1.63 bits per heavy atom. The van der Waals surface area contributed by atoms with Crippen molar-refractivity contribution in [1.82, 2.24) is 0 Å². The summed E-state index contributed by atoms with van der Waals surface area (Å²) in [5, 5.41) is 5.31. The first-order chi connectivity index (χ1) is 12.8. The number of esters is 1. The van der Waals surface area contributed by atoms with E-state index in [9.17, 15) is 14.4 Å². The Labute approximate surface area is 157 Å². The lowest BCUT2D eigenvalue weighted by Gasteiger charge is -2.12. The second kappa shape index (κ2) is 9.38. The molecule has 0 aliphatic carbocycles. The number of para-hydroxylation sites is 2. The van der Waals surface area contributed by atoms with Crippen molar-refractivity contribution in [3.8, 4) is 5.75 Å². The third-order valence-corrected chi connectivity index (χ3v) is 3.30. The van der Waals surface area contributed by atoms with E-state index in [2.05, 4.69) is 10.6 Å². The average Bonchev–Trinajstić information content (AvgIpc) is 2.60. The van der Waals surface area contributed by atoms with Crippen LogP contribution in [0.4, 0.5) is 11.4 Å². The van der Waals surface area contributed by atoms with Gasteiger partial charge in [0, 0.05) is 12.6 Å². The van der Waals surface area contributed by atoms with Crippen molar-refractivity contribution >= 4 is 29.2 Å². The number of rotatable bonds is 7. The molecular weight excluding hydrogens is 348 g/mol. The topological polar surface area (TPSA) is 93.7 Å². The first-order valence-corrected chi connectivity index (χ1v) is 8.45. The Kier molecular flexibility index (Phi) is 6.93. The Balaban J connectivity index is 1.91. The Morgan fingerprint density at radius 3 is 2.26 bits per heavy atom. The molecule has 0 spiro atoms. The van der Waals surface area contributed by atoms with Gasteiger partial charge >= 0.3 is 5.97 Å². The molecule has 7 nitrogen and oxygen atoms in total. The van der Waals surface area contributed by atoms with E-state index in [-0.39, 0.29) is 24.5 Å². The highest BCUT2D eigenvalue weighted by Gasteiger charge is 2.11. The monoisotopic (exact) mass is 370 g/mol. The van der Waals surface area contributed by atoms with Crippen LogP contribution in [0, 0.1) is 0 Å². The first-order valence-electron chi connectivity index (χ1n) is 8.45. The number of amides is 2. The molecule has 2 rings (SSSR count). The number of hydrogen-bond donors (Lipinski definition) is 2. The molecule has 0 heterocycles. The van der Waals surface area contributed by atoms with Gasteiger partial charge in [0.05, 0.1) is 17.4 Å². The van der Waals surface area contributed by atoms with Gasteiger partial charge < -0.3 is 20.1 Å². The average molecular weight is 370 g/mol. The van der Waals surface area contributed by atoms with Crippen LogP contribution in [0.1, 0.15) is 31.1 Å². The fourth-order valence-electron chi connectivity index (χ4n) is 2.20. The summed E-state index contributed by atoms with van der Waals surface area (Å²) in [6.07, 6.45) is -0.200. The molecule has 0 saturated heterocycles. The Bertz CT molecular complexity index is 815. The molecule has 2 N–H and O–H groups in total. The van der Waals surface area contributed by atoms with E-state index >= 15 is 0 Å². The van der Waals surface area contributed by atoms with Crippen LogP contribution in [0.25, 0.3) is 0 Å². The van der Waals surface area contributed by atoms with Gasteiger partial charge in [0.1, 0.15) is 5.75 Å². The molecule has 7 heteroatoms. The lowest BCUT2D eigenvalue weighted by atomic mass is 10.2. The van der Waals surface area contributed by atoms with Crippen molar-refractivity contribution in [3.63, 3.8) is 0 Å². The number of nitrogens with one attached hydrogen (secondary N) is 2. The maximum absolute atomic E-state index is 12.1. The van der Waals surface area contributed by atoms with Gasteiger partial charge in [-0.25, -0.2) is 4.79 Å². The van der Waals surface area contributed by atoms with Gasteiger partial charge in [0.25, 0.3) is 5.91 Å². The molecule has 0 unspecified atom stereocenters. The van der Waals surface area contributed by atoms with E-state index in [0.29, 0.717) is 22.7 Å². The molecule has 0 saturated carbocycles. The molecule has 0 fully saturated rings. The summed E-state index contributed by atoms with van der Waals surface area (Å²) in [6, 6.07) is 13.2. The van der Waals surface area contributed by atoms with Gasteiger partial charge in [-0.1, -0.05) is 12.1 Å². The fraction of sp³-hybridized carbons (Fsp3) is 0.250. The molecule has 142 valence electrons. The molecule has 2 aromatic carbocycles. The maximum atomic E-state index is 12.1. The molecule has 27 heavy (non-hydrogen) atoms. The normalized spacial score (nSPS) is 10.2. The highest BCUT2D eigenvalue weighted by atomic mass is 16.5. The zero-order valence-electron chi connectivity index (χ0n) is 15.4. The summed E-state index contributed by atoms with van der Waals surface area (Å²) in [6.45, 7) is 4.71. The van der Waals surface area contributed by atoms with Crippen LogP contribution in [0.3, 0.4) is 0 Å². The van der Waals surface area contributed by atoms with Crippen molar-refractivity contribution in [2.45, 2.75) is 26.9 Å². The van der Waals surface area contributed by atoms with E-state index in [0.717, 1.165) is 0 Å². The highest BCUT2D eigenvalue weighted by Crippen LogP contribution is 2.23. The summed E-state index contributed by atoms with van der Waals surface area (Å²) in [5.74, 6) is -0.618. The standard InChI is InChI=1S/C20H22N2O5/c1-13(2)27-20(25)15-8-10-16(11-9-15)22-19(24)12-26-18-7-5-4-6-17(18)21-14(3)23/h4-11,13H,12H2,1-3H3,(H,21,23)(H,22,24). The van der Waals surface area contributed by atoms with Crippen molar-refractivity contribution < 1.29 is 23.9 Å². The minimum Gasteiger partial charge on any atom is -0.482 e. The predicted octanol–water partition coefficient (Wildman–Crippen LogP) is 3.23. The van der Waals surface area contributed by atoms with Crippen molar-refractivity contribution in [2.24, 2.45) is 0 Å². The van der Waals surface area contributed by atoms with E-state index in [1.165, 1.54) is 6.92 Å². The Morgan fingerprint density at radius 1 is 0.963 bits per heavy atom. The van der Waals surface area contributed by atoms with E-state index in [1.54, 1.807) is 62.4 Å². The molecule has 0 aliphatic heterocycles. The number of carbonyl (C=O) groups excluding carboxylic acids is 3. The number of hydrogen-bond acceptors (Lipinski definition) is 5. The van der Waals surface area contributed by atoms with E-state index < -0.39 is 5.97 Å². The first kappa shape index (κ1) is 20.0. The molecule has 2 aromatic rings. The number of ether oxygens (including phenoxy) is 2. The van der Waals surface area contributed by atoms with E-state index in [4.69, 9.17) is 9.47 Å². The highest BCUT2D eigenvalue weighted by molar-refractivity contribution is 5.94. The predicted molar refractivity (Wildman–Crippen MR) is 102 cm³/mol. The van der Waals surface area contributed by atoms with Gasteiger partial charge in [-0.2, -0.15) is 0 Å². The van der Waals surface area contributed by atoms with Gasteiger partial charge in [-0.3, -0.25) is 9.59 Å². The lowest BCUT2D eigenvalue weighted by molar-refractivity contribution is -0.118. The van der Waals surface area contributed by atoms with Gasteiger partial charge in [-0.05, 0) is 50.2 Å². The third kappa shape index (κ3) is 6.47. The van der Waals surface area contributed by atoms with Crippen LogP contribution in [-0.2, 0) is 14.3 Å². The van der Waals surface area contributed by atoms with Crippen molar-refractivity contribution in [1.29, 1.82) is 0 Å². The van der Waals surface area contributed by atoms with Crippen LogP contribution in [0.15, 0.2) is 48.5 Å². The quantitative estimate of drug-likeness (QED) is 0.730. The molecule has 0 bridgehead atoms. The van der Waals surface area contributed by atoms with E-state index in [1.807, 2.05) is 0 Å².